The summed E-state index contributed by atoms with van der Waals surface area (Å²) >= 11 is 0. The lowest BCUT2D eigenvalue weighted by molar-refractivity contribution is 0.0691. The highest BCUT2D eigenvalue weighted by atomic mass is 32.2. The van der Waals surface area contributed by atoms with Crippen LogP contribution < -0.4 is 8.61 Å². The van der Waals surface area contributed by atoms with Gasteiger partial charge in [-0.2, -0.15) is 8.42 Å². The number of anilines is 2. The lowest BCUT2D eigenvalue weighted by atomic mass is 10.0. The van der Waals surface area contributed by atoms with Crippen LogP contribution in [-0.2, 0) is 10.2 Å². The third-order valence-electron chi connectivity index (χ3n) is 5.09. The second-order valence-corrected chi connectivity index (χ2v) is 8.73. The van der Waals surface area contributed by atoms with E-state index in [4.69, 9.17) is 5.11 Å². The molecule has 1 atom stereocenters. The molecule has 0 amide bonds. The SMILES string of the molecule is CN1c2cc(-c3cccc(C(=O)O)c3F)ccc2N(CC2CC2(F)F)S1(=O)=O. The smallest absolute Gasteiger partial charge is 0.338 e. The van der Waals surface area contributed by atoms with Crippen molar-refractivity contribution in [3.8, 4) is 11.1 Å². The lowest BCUT2D eigenvalue weighted by Gasteiger charge is -2.18. The van der Waals surface area contributed by atoms with Gasteiger partial charge in [-0.3, -0.25) is 8.61 Å². The molecule has 0 spiro atoms. The molecule has 1 unspecified atom stereocenters. The average Bonchev–Trinajstić information content (AvgIpc) is 3.19. The molecule has 2 aromatic rings. The van der Waals surface area contributed by atoms with Crippen molar-refractivity contribution in [3.05, 3.63) is 47.8 Å². The fourth-order valence-corrected chi connectivity index (χ4v) is 4.79. The molecule has 1 aliphatic carbocycles. The number of nitrogens with zero attached hydrogens (tertiary/aromatic N) is 2. The van der Waals surface area contributed by atoms with E-state index in [2.05, 4.69) is 0 Å². The van der Waals surface area contributed by atoms with E-state index < -0.39 is 39.4 Å². The molecule has 4 rings (SSSR count). The van der Waals surface area contributed by atoms with Crippen LogP contribution in [0.15, 0.2) is 36.4 Å². The molecule has 148 valence electrons. The van der Waals surface area contributed by atoms with E-state index in [1.165, 1.54) is 37.4 Å². The molecular weight excluding hydrogens is 397 g/mol. The summed E-state index contributed by atoms with van der Waals surface area (Å²) in [6.07, 6.45) is -0.358. The molecule has 28 heavy (non-hydrogen) atoms. The molecule has 2 aromatic carbocycles. The number of benzene rings is 2. The first-order valence-electron chi connectivity index (χ1n) is 8.34. The monoisotopic (exact) mass is 412 g/mol. The van der Waals surface area contributed by atoms with Gasteiger partial charge in [0.1, 0.15) is 5.82 Å². The van der Waals surface area contributed by atoms with E-state index in [9.17, 15) is 26.4 Å². The minimum atomic E-state index is -4.02. The van der Waals surface area contributed by atoms with Crippen molar-refractivity contribution in [3.63, 3.8) is 0 Å². The Morgan fingerprint density at radius 1 is 1.25 bits per heavy atom. The Morgan fingerprint density at radius 3 is 2.54 bits per heavy atom. The second kappa shape index (κ2) is 5.87. The van der Waals surface area contributed by atoms with Gasteiger partial charge in [-0.25, -0.2) is 18.0 Å². The van der Waals surface area contributed by atoms with Crippen LogP contribution in [0.25, 0.3) is 11.1 Å². The van der Waals surface area contributed by atoms with E-state index in [-0.39, 0.29) is 35.5 Å². The first-order valence-corrected chi connectivity index (χ1v) is 9.74. The highest BCUT2D eigenvalue weighted by Crippen LogP contribution is 2.51. The molecule has 1 aliphatic heterocycles. The van der Waals surface area contributed by atoms with Crippen molar-refractivity contribution in [2.75, 3.05) is 22.2 Å². The summed E-state index contributed by atoms with van der Waals surface area (Å²) in [5, 5.41) is 9.07. The van der Waals surface area contributed by atoms with E-state index >= 15 is 0 Å². The van der Waals surface area contributed by atoms with E-state index in [0.717, 1.165) is 14.7 Å². The Morgan fingerprint density at radius 2 is 1.93 bits per heavy atom. The number of carboxylic acids is 1. The van der Waals surface area contributed by atoms with Crippen molar-refractivity contribution in [1.82, 2.24) is 0 Å². The van der Waals surface area contributed by atoms with Gasteiger partial charge in [0.25, 0.3) is 5.92 Å². The zero-order valence-electron chi connectivity index (χ0n) is 14.6. The molecule has 0 aromatic heterocycles. The number of rotatable bonds is 4. The van der Waals surface area contributed by atoms with Gasteiger partial charge in [0.2, 0.25) is 0 Å². The van der Waals surface area contributed by atoms with E-state index in [1.807, 2.05) is 0 Å². The minimum Gasteiger partial charge on any atom is -0.478 e. The first-order chi connectivity index (χ1) is 13.0. The summed E-state index contributed by atoms with van der Waals surface area (Å²) in [7, 11) is -2.73. The zero-order chi connectivity index (χ0) is 20.4. The van der Waals surface area contributed by atoms with Crippen LogP contribution in [0.3, 0.4) is 0 Å². The van der Waals surface area contributed by atoms with Crippen LogP contribution in [0.2, 0.25) is 0 Å². The van der Waals surface area contributed by atoms with Gasteiger partial charge in [0.05, 0.1) is 16.9 Å². The third kappa shape index (κ3) is 2.70. The highest BCUT2D eigenvalue weighted by molar-refractivity contribution is 7.94. The van der Waals surface area contributed by atoms with Crippen LogP contribution in [0.1, 0.15) is 16.8 Å². The molecule has 0 bridgehead atoms. The van der Waals surface area contributed by atoms with Gasteiger partial charge >= 0.3 is 16.2 Å². The Kier molecular flexibility index (Phi) is 3.90. The molecule has 1 heterocycles. The van der Waals surface area contributed by atoms with Crippen LogP contribution in [0, 0.1) is 11.7 Å². The van der Waals surface area contributed by atoms with Gasteiger partial charge < -0.3 is 5.11 Å². The number of carboxylic acid groups (broad SMARTS) is 1. The van der Waals surface area contributed by atoms with Gasteiger partial charge in [-0.05, 0) is 23.8 Å². The Labute approximate surface area is 159 Å². The summed E-state index contributed by atoms with van der Waals surface area (Å²) in [5.74, 6) is -6.26. The van der Waals surface area contributed by atoms with E-state index in [0.29, 0.717) is 0 Å². The normalized spacial score (nSPS) is 21.5. The molecule has 10 heteroatoms. The number of aromatic carboxylic acids is 1. The Balaban J connectivity index is 1.77. The van der Waals surface area contributed by atoms with Crippen LogP contribution >= 0.6 is 0 Å². The number of hydrogen-bond acceptors (Lipinski definition) is 3. The standard InChI is InChI=1S/C18H15F3N2O4S/c1-22-15-7-10(12-3-2-4-13(16(12)19)17(24)25)5-6-14(15)23(28(22,26)27)9-11-8-18(11,20)21/h2-7,11H,8-9H2,1H3,(H,24,25). The number of carbonyl (C=O) groups is 1. The largest absolute Gasteiger partial charge is 0.478 e. The summed E-state index contributed by atoms with van der Waals surface area (Å²) in [4.78, 5) is 11.1. The quantitative estimate of drug-likeness (QED) is 0.836. The number of hydrogen-bond donors (Lipinski definition) is 1. The number of alkyl halides is 2. The molecule has 1 saturated carbocycles. The van der Waals surface area contributed by atoms with E-state index in [1.54, 1.807) is 0 Å². The topological polar surface area (TPSA) is 77.9 Å². The average molecular weight is 412 g/mol. The van der Waals surface area contributed by atoms with Crippen molar-refractivity contribution < 1.29 is 31.5 Å². The summed E-state index contributed by atoms with van der Waals surface area (Å²) in [6, 6.07) is 8.16. The van der Waals surface area contributed by atoms with Crippen LogP contribution in [-0.4, -0.2) is 39.0 Å². The van der Waals surface area contributed by atoms with Gasteiger partial charge in [-0.15, -0.1) is 0 Å². The maximum absolute atomic E-state index is 14.5. The van der Waals surface area contributed by atoms with Crippen LogP contribution in [0.4, 0.5) is 24.5 Å². The fraction of sp³-hybridized carbons (Fsp3) is 0.278. The third-order valence-corrected chi connectivity index (χ3v) is 6.88. The molecule has 6 nitrogen and oxygen atoms in total. The van der Waals surface area contributed by atoms with Gasteiger partial charge in [0, 0.05) is 31.5 Å². The fourth-order valence-electron chi connectivity index (χ4n) is 3.33. The molecule has 0 saturated heterocycles. The number of fused-ring (bicyclic) bond motifs is 1. The second-order valence-electron chi connectivity index (χ2n) is 6.84. The molecular formula is C18H15F3N2O4S. The van der Waals surface area contributed by atoms with Crippen molar-refractivity contribution in [2.45, 2.75) is 12.3 Å². The maximum Gasteiger partial charge on any atom is 0.338 e. The highest BCUT2D eigenvalue weighted by Gasteiger charge is 2.59. The van der Waals surface area contributed by atoms with Crippen molar-refractivity contribution in [1.29, 1.82) is 0 Å². The predicted molar refractivity (Wildman–Crippen MR) is 96.5 cm³/mol. The Hall–Kier alpha value is -2.75. The minimum absolute atomic E-state index is 0.000624. The zero-order valence-corrected chi connectivity index (χ0v) is 15.4. The van der Waals surface area contributed by atoms with Crippen molar-refractivity contribution in [2.24, 2.45) is 5.92 Å². The van der Waals surface area contributed by atoms with Crippen LogP contribution in [0.5, 0.6) is 0 Å². The summed E-state index contributed by atoms with van der Waals surface area (Å²) in [6.45, 7) is -0.338. The van der Waals surface area contributed by atoms with Crippen molar-refractivity contribution >= 4 is 27.6 Å². The summed E-state index contributed by atoms with van der Waals surface area (Å²) < 4.78 is 68.3. The summed E-state index contributed by atoms with van der Waals surface area (Å²) in [5.41, 5.74) is 0.211. The maximum atomic E-state index is 14.5. The molecule has 2 aliphatic rings. The van der Waals surface area contributed by atoms with Gasteiger partial charge in [-0.1, -0.05) is 18.2 Å². The molecule has 1 N–H and O–H groups in total. The predicted octanol–water partition coefficient (Wildman–Crippen LogP) is 3.35. The van der Waals surface area contributed by atoms with Gasteiger partial charge in [0.15, 0.2) is 0 Å². The molecule has 0 radical (unpaired) electrons. The lowest BCUT2D eigenvalue weighted by Crippen LogP contribution is -2.37. The number of halogens is 3. The molecule has 1 fully saturated rings. The first kappa shape index (κ1) is 18.6. The Bertz CT molecular complexity index is 1100.